The molecule has 4 rings (SSSR count). The minimum Gasteiger partial charge on any atom is -0.495 e. The number of allylic oxidation sites excluding steroid dienone is 1. The Kier molecular flexibility index (Phi) is 6.23. The number of para-hydroxylation sites is 2. The van der Waals surface area contributed by atoms with Crippen molar-refractivity contribution in [1.29, 1.82) is 0 Å². The molecule has 0 amide bonds. The summed E-state index contributed by atoms with van der Waals surface area (Å²) in [6, 6.07) is 16.3. The van der Waals surface area contributed by atoms with Gasteiger partial charge < -0.3 is 14.8 Å². The Balaban J connectivity index is 1.86. The van der Waals surface area contributed by atoms with Gasteiger partial charge in [0.25, 0.3) is 5.56 Å². The molecular formula is C24H23N3O4S. The summed E-state index contributed by atoms with van der Waals surface area (Å²) >= 11 is 1.26. The van der Waals surface area contributed by atoms with Crippen LogP contribution in [0, 0.1) is 0 Å². The van der Waals surface area contributed by atoms with Crippen LogP contribution in [0.1, 0.15) is 25.5 Å². The number of esters is 1. The third-order valence-electron chi connectivity index (χ3n) is 5.10. The minimum atomic E-state index is -0.611. The molecule has 1 aromatic heterocycles. The topological polar surface area (TPSA) is 81.9 Å². The fraction of sp³-hybridized carbons (Fsp3) is 0.208. The first-order chi connectivity index (χ1) is 15.5. The predicted molar refractivity (Wildman–Crippen MR) is 124 cm³/mol. The monoisotopic (exact) mass is 449 g/mol. The number of rotatable bonds is 6. The Morgan fingerprint density at radius 1 is 1.19 bits per heavy atom. The molecule has 0 unspecified atom stereocenters. The van der Waals surface area contributed by atoms with Crippen LogP contribution in [0.5, 0.6) is 5.75 Å². The van der Waals surface area contributed by atoms with E-state index in [4.69, 9.17) is 9.47 Å². The number of nitrogens with zero attached hydrogens (tertiary/aromatic N) is 2. The SMILES string of the molecule is CCOC(=O)C1=C(C)N=c2s/c(=C\Nc3ccccc3OC)c(=O)n2[C@H]1c1ccccc1. The number of benzene rings is 2. The normalized spacial score (nSPS) is 15.7. The van der Waals surface area contributed by atoms with E-state index in [-0.39, 0.29) is 12.2 Å². The first kappa shape index (κ1) is 21.6. The highest BCUT2D eigenvalue weighted by molar-refractivity contribution is 7.07. The standard InChI is InChI=1S/C24H23N3O4S/c1-4-31-23(29)20-15(2)26-24-27(21(20)16-10-6-5-7-11-16)22(28)19(32-24)14-25-17-12-8-9-13-18(17)30-3/h5-14,21,25H,4H2,1-3H3/b19-14-/t21-/m0/s1. The van der Waals surface area contributed by atoms with Gasteiger partial charge in [-0.3, -0.25) is 9.36 Å². The zero-order chi connectivity index (χ0) is 22.7. The summed E-state index contributed by atoms with van der Waals surface area (Å²) in [5.74, 6) is 0.197. The van der Waals surface area contributed by atoms with E-state index in [1.807, 2.05) is 54.6 Å². The number of carbonyl (C=O) groups is 1. The van der Waals surface area contributed by atoms with Crippen LogP contribution in [0.15, 0.2) is 75.7 Å². The van der Waals surface area contributed by atoms with Gasteiger partial charge in [0.2, 0.25) is 0 Å². The summed E-state index contributed by atoms with van der Waals surface area (Å²) in [6.07, 6.45) is 1.65. The summed E-state index contributed by atoms with van der Waals surface area (Å²) in [6.45, 7) is 3.76. The Hall–Kier alpha value is -3.65. The van der Waals surface area contributed by atoms with Crippen LogP contribution >= 0.6 is 11.3 Å². The van der Waals surface area contributed by atoms with E-state index >= 15 is 0 Å². The second-order valence-electron chi connectivity index (χ2n) is 7.06. The molecule has 1 atom stereocenters. The van der Waals surface area contributed by atoms with E-state index in [1.165, 1.54) is 11.3 Å². The summed E-state index contributed by atoms with van der Waals surface area (Å²) < 4.78 is 12.7. The van der Waals surface area contributed by atoms with Crippen LogP contribution in [-0.2, 0) is 9.53 Å². The van der Waals surface area contributed by atoms with E-state index in [0.29, 0.717) is 26.4 Å². The molecule has 7 nitrogen and oxygen atoms in total. The highest BCUT2D eigenvalue weighted by Gasteiger charge is 2.33. The molecule has 0 saturated heterocycles. The molecule has 164 valence electrons. The lowest BCUT2D eigenvalue weighted by molar-refractivity contribution is -0.139. The molecule has 2 heterocycles. The number of thiazole rings is 1. The van der Waals surface area contributed by atoms with Crippen molar-refractivity contribution >= 4 is 29.2 Å². The summed E-state index contributed by atoms with van der Waals surface area (Å²) in [5, 5.41) is 3.15. The Morgan fingerprint density at radius 2 is 1.91 bits per heavy atom. The Labute approximate surface area is 189 Å². The fourth-order valence-corrected chi connectivity index (χ4v) is 4.62. The van der Waals surface area contributed by atoms with Crippen molar-refractivity contribution in [2.75, 3.05) is 19.0 Å². The van der Waals surface area contributed by atoms with Crippen molar-refractivity contribution in [3.05, 3.63) is 91.1 Å². The van der Waals surface area contributed by atoms with Gasteiger partial charge in [0, 0.05) is 6.20 Å². The summed E-state index contributed by atoms with van der Waals surface area (Å²) in [4.78, 5) is 31.4. The molecule has 0 fully saturated rings. The lowest BCUT2D eigenvalue weighted by Gasteiger charge is -2.24. The maximum atomic E-state index is 13.4. The second-order valence-corrected chi connectivity index (χ2v) is 8.07. The number of fused-ring (bicyclic) bond motifs is 1. The van der Waals surface area contributed by atoms with Gasteiger partial charge in [0.1, 0.15) is 10.3 Å². The number of hydrogen-bond acceptors (Lipinski definition) is 7. The molecule has 32 heavy (non-hydrogen) atoms. The van der Waals surface area contributed by atoms with Gasteiger partial charge in [-0.25, -0.2) is 9.79 Å². The first-order valence-corrected chi connectivity index (χ1v) is 11.0. The summed E-state index contributed by atoms with van der Waals surface area (Å²) in [5.41, 5.74) is 2.23. The van der Waals surface area contributed by atoms with Gasteiger partial charge in [-0.15, -0.1) is 0 Å². The van der Waals surface area contributed by atoms with E-state index in [2.05, 4.69) is 10.3 Å². The molecule has 8 heteroatoms. The van der Waals surface area contributed by atoms with E-state index in [0.717, 1.165) is 11.3 Å². The molecule has 1 aliphatic heterocycles. The van der Waals surface area contributed by atoms with Crippen molar-refractivity contribution in [2.45, 2.75) is 19.9 Å². The maximum Gasteiger partial charge on any atom is 0.338 e. The number of hydrogen-bond donors (Lipinski definition) is 1. The van der Waals surface area contributed by atoms with Gasteiger partial charge in [-0.1, -0.05) is 53.8 Å². The van der Waals surface area contributed by atoms with E-state index < -0.39 is 12.0 Å². The average Bonchev–Trinajstić information content (AvgIpc) is 3.12. The summed E-state index contributed by atoms with van der Waals surface area (Å²) in [7, 11) is 1.59. The molecule has 0 radical (unpaired) electrons. The molecule has 1 aliphatic rings. The molecule has 2 aromatic carbocycles. The quantitative estimate of drug-likeness (QED) is 0.586. The first-order valence-electron chi connectivity index (χ1n) is 10.2. The zero-order valence-electron chi connectivity index (χ0n) is 18.0. The lowest BCUT2D eigenvalue weighted by atomic mass is 9.96. The number of anilines is 1. The Morgan fingerprint density at radius 3 is 2.62 bits per heavy atom. The third-order valence-corrected chi connectivity index (χ3v) is 6.08. The largest absolute Gasteiger partial charge is 0.495 e. The number of methoxy groups -OCH3 is 1. The van der Waals surface area contributed by atoms with Gasteiger partial charge in [-0.2, -0.15) is 0 Å². The lowest BCUT2D eigenvalue weighted by Crippen LogP contribution is -2.40. The molecule has 3 aromatic rings. The number of ether oxygens (including phenoxy) is 2. The average molecular weight is 450 g/mol. The fourth-order valence-electron chi connectivity index (χ4n) is 3.65. The van der Waals surface area contributed by atoms with Crippen molar-refractivity contribution in [2.24, 2.45) is 4.99 Å². The van der Waals surface area contributed by atoms with Crippen molar-refractivity contribution in [3.63, 3.8) is 0 Å². The Bertz CT molecular complexity index is 1360. The van der Waals surface area contributed by atoms with E-state index in [1.54, 1.807) is 31.7 Å². The minimum absolute atomic E-state index is 0.237. The van der Waals surface area contributed by atoms with Crippen molar-refractivity contribution < 1.29 is 14.3 Å². The smallest absolute Gasteiger partial charge is 0.338 e. The molecule has 0 bridgehead atoms. The highest BCUT2D eigenvalue weighted by Crippen LogP contribution is 2.30. The van der Waals surface area contributed by atoms with Gasteiger partial charge in [0.05, 0.1) is 36.7 Å². The molecule has 0 saturated carbocycles. The predicted octanol–water partition coefficient (Wildman–Crippen LogP) is 2.83. The maximum absolute atomic E-state index is 13.4. The second kappa shape index (κ2) is 9.23. The molecular weight excluding hydrogens is 426 g/mol. The van der Waals surface area contributed by atoms with Crippen LogP contribution in [0.4, 0.5) is 5.69 Å². The number of aromatic nitrogens is 1. The number of nitrogens with one attached hydrogen (secondary N) is 1. The molecule has 0 spiro atoms. The van der Waals surface area contributed by atoms with Crippen LogP contribution in [0.3, 0.4) is 0 Å². The van der Waals surface area contributed by atoms with Crippen LogP contribution < -0.4 is 24.9 Å². The zero-order valence-corrected chi connectivity index (χ0v) is 18.8. The van der Waals surface area contributed by atoms with E-state index in [9.17, 15) is 9.59 Å². The molecule has 1 N–H and O–H groups in total. The van der Waals surface area contributed by atoms with Gasteiger partial charge in [0.15, 0.2) is 4.80 Å². The van der Waals surface area contributed by atoms with Gasteiger partial charge in [-0.05, 0) is 31.5 Å². The molecule has 0 aliphatic carbocycles. The number of carbonyl (C=O) groups excluding carboxylic acids is 1. The third kappa shape index (κ3) is 3.97. The van der Waals surface area contributed by atoms with Crippen molar-refractivity contribution in [3.8, 4) is 5.75 Å². The van der Waals surface area contributed by atoms with Crippen LogP contribution in [0.25, 0.3) is 6.20 Å². The van der Waals surface area contributed by atoms with Crippen molar-refractivity contribution in [1.82, 2.24) is 4.57 Å². The van der Waals surface area contributed by atoms with Crippen LogP contribution in [-0.4, -0.2) is 24.3 Å². The highest BCUT2D eigenvalue weighted by atomic mass is 32.1. The van der Waals surface area contributed by atoms with Crippen LogP contribution in [0.2, 0.25) is 0 Å². The van der Waals surface area contributed by atoms with Gasteiger partial charge >= 0.3 is 5.97 Å².